The van der Waals surface area contributed by atoms with Crippen LogP contribution in [0.25, 0.3) is 0 Å². The number of aliphatic hydroxyl groups is 2. The van der Waals surface area contributed by atoms with Crippen molar-refractivity contribution in [1.82, 2.24) is 4.90 Å². The normalized spacial score (nSPS) is 23.0. The highest BCUT2D eigenvalue weighted by atomic mass is 16.3. The minimum atomic E-state index is 0.169. The standard InChI is InChI=1S/C14H21NO2/c16-8-6-15(7-9-17)11-13-10-14(13)12-4-2-1-3-5-12/h1-5,13-14,16-17H,6-11H2/t13-,14-/m0/s1. The van der Waals surface area contributed by atoms with Crippen LogP contribution in [0.3, 0.4) is 0 Å². The largest absolute Gasteiger partial charge is 0.395 e. The van der Waals surface area contributed by atoms with Gasteiger partial charge in [-0.25, -0.2) is 0 Å². The smallest absolute Gasteiger partial charge is 0.0558 e. The predicted octanol–water partition coefficient (Wildman–Crippen LogP) is 1.08. The molecule has 0 amide bonds. The Labute approximate surface area is 103 Å². The molecule has 1 aliphatic rings. The number of nitrogens with zero attached hydrogens (tertiary/aromatic N) is 1. The summed E-state index contributed by atoms with van der Waals surface area (Å²) in [5.41, 5.74) is 1.42. The van der Waals surface area contributed by atoms with Gasteiger partial charge in [0.2, 0.25) is 0 Å². The van der Waals surface area contributed by atoms with Crippen LogP contribution >= 0.6 is 0 Å². The summed E-state index contributed by atoms with van der Waals surface area (Å²) >= 11 is 0. The van der Waals surface area contributed by atoms with Gasteiger partial charge < -0.3 is 10.2 Å². The van der Waals surface area contributed by atoms with Gasteiger partial charge in [0, 0.05) is 19.6 Å². The zero-order valence-corrected chi connectivity index (χ0v) is 10.1. The average molecular weight is 235 g/mol. The van der Waals surface area contributed by atoms with Crippen LogP contribution < -0.4 is 0 Å². The molecule has 2 rings (SSSR count). The van der Waals surface area contributed by atoms with E-state index in [1.165, 1.54) is 12.0 Å². The third-order valence-corrected chi connectivity index (χ3v) is 3.48. The molecule has 0 radical (unpaired) electrons. The molecule has 0 bridgehead atoms. The van der Waals surface area contributed by atoms with Crippen molar-refractivity contribution in [2.45, 2.75) is 12.3 Å². The van der Waals surface area contributed by atoms with E-state index in [9.17, 15) is 0 Å². The lowest BCUT2D eigenvalue weighted by Crippen LogP contribution is -2.32. The molecule has 0 aromatic heterocycles. The average Bonchev–Trinajstić information content (AvgIpc) is 3.10. The molecular formula is C14H21NO2. The van der Waals surface area contributed by atoms with Gasteiger partial charge in [-0.05, 0) is 23.8 Å². The summed E-state index contributed by atoms with van der Waals surface area (Å²) in [7, 11) is 0. The van der Waals surface area contributed by atoms with E-state index >= 15 is 0 Å². The Bertz CT molecular complexity index is 322. The molecule has 17 heavy (non-hydrogen) atoms. The molecule has 1 aromatic carbocycles. The Morgan fingerprint density at radius 3 is 2.29 bits per heavy atom. The van der Waals surface area contributed by atoms with Crippen molar-refractivity contribution in [3.05, 3.63) is 35.9 Å². The van der Waals surface area contributed by atoms with Gasteiger partial charge in [-0.3, -0.25) is 4.90 Å². The second kappa shape index (κ2) is 6.15. The Morgan fingerprint density at radius 2 is 1.71 bits per heavy atom. The van der Waals surface area contributed by atoms with E-state index in [4.69, 9.17) is 10.2 Å². The lowest BCUT2D eigenvalue weighted by molar-refractivity contribution is 0.156. The van der Waals surface area contributed by atoms with Crippen molar-refractivity contribution in [2.24, 2.45) is 5.92 Å². The fraction of sp³-hybridized carbons (Fsp3) is 0.571. The van der Waals surface area contributed by atoms with Crippen LogP contribution in [0.1, 0.15) is 17.9 Å². The summed E-state index contributed by atoms with van der Waals surface area (Å²) < 4.78 is 0. The van der Waals surface area contributed by atoms with Crippen LogP contribution in [0, 0.1) is 5.92 Å². The lowest BCUT2D eigenvalue weighted by atomic mass is 10.1. The van der Waals surface area contributed by atoms with E-state index in [0.717, 1.165) is 6.54 Å². The van der Waals surface area contributed by atoms with Crippen LogP contribution in [0.4, 0.5) is 0 Å². The molecular weight excluding hydrogens is 214 g/mol. The molecule has 1 aromatic rings. The minimum absolute atomic E-state index is 0.169. The highest BCUT2D eigenvalue weighted by Gasteiger charge is 2.38. The molecule has 0 spiro atoms. The van der Waals surface area contributed by atoms with E-state index in [2.05, 4.69) is 29.2 Å². The van der Waals surface area contributed by atoms with Crippen LogP contribution in [-0.2, 0) is 0 Å². The van der Waals surface area contributed by atoms with Crippen LogP contribution in [0.2, 0.25) is 0 Å². The Morgan fingerprint density at radius 1 is 1.06 bits per heavy atom. The minimum Gasteiger partial charge on any atom is -0.395 e. The summed E-state index contributed by atoms with van der Waals surface area (Å²) in [6.07, 6.45) is 1.23. The van der Waals surface area contributed by atoms with Crippen molar-refractivity contribution >= 4 is 0 Å². The molecule has 3 heteroatoms. The number of hydrogen-bond acceptors (Lipinski definition) is 3. The van der Waals surface area contributed by atoms with Crippen molar-refractivity contribution < 1.29 is 10.2 Å². The van der Waals surface area contributed by atoms with Crippen molar-refractivity contribution in [3.8, 4) is 0 Å². The lowest BCUT2D eigenvalue weighted by Gasteiger charge is -2.20. The molecule has 0 aliphatic heterocycles. The van der Waals surface area contributed by atoms with E-state index < -0.39 is 0 Å². The van der Waals surface area contributed by atoms with Gasteiger partial charge in [0.05, 0.1) is 13.2 Å². The van der Waals surface area contributed by atoms with Crippen molar-refractivity contribution in [1.29, 1.82) is 0 Å². The summed E-state index contributed by atoms with van der Waals surface area (Å²) in [6, 6.07) is 10.6. The maximum absolute atomic E-state index is 8.96. The first-order chi connectivity index (χ1) is 8.35. The first-order valence-corrected chi connectivity index (χ1v) is 6.34. The molecule has 2 atom stereocenters. The predicted molar refractivity (Wildman–Crippen MR) is 67.9 cm³/mol. The molecule has 2 N–H and O–H groups in total. The van der Waals surface area contributed by atoms with Gasteiger partial charge in [0.1, 0.15) is 0 Å². The van der Waals surface area contributed by atoms with Gasteiger partial charge in [-0.15, -0.1) is 0 Å². The van der Waals surface area contributed by atoms with Gasteiger partial charge in [0.25, 0.3) is 0 Å². The first kappa shape index (κ1) is 12.6. The fourth-order valence-electron chi connectivity index (χ4n) is 2.47. The van der Waals surface area contributed by atoms with Crippen molar-refractivity contribution in [3.63, 3.8) is 0 Å². The van der Waals surface area contributed by atoms with Crippen LogP contribution in [0.5, 0.6) is 0 Å². The number of benzene rings is 1. The van der Waals surface area contributed by atoms with Gasteiger partial charge in [-0.1, -0.05) is 30.3 Å². The van der Waals surface area contributed by atoms with E-state index in [0.29, 0.717) is 24.9 Å². The Hall–Kier alpha value is -0.900. The number of rotatable bonds is 7. The Kier molecular flexibility index (Phi) is 4.54. The van der Waals surface area contributed by atoms with Gasteiger partial charge in [0.15, 0.2) is 0 Å². The van der Waals surface area contributed by atoms with Crippen LogP contribution in [0.15, 0.2) is 30.3 Å². The third-order valence-electron chi connectivity index (χ3n) is 3.48. The zero-order valence-electron chi connectivity index (χ0n) is 10.1. The number of aliphatic hydroxyl groups excluding tert-OH is 2. The van der Waals surface area contributed by atoms with E-state index in [1.54, 1.807) is 0 Å². The SMILES string of the molecule is OCCN(CCO)C[C@@H]1C[C@H]1c1ccccc1. The molecule has 0 heterocycles. The molecule has 1 aliphatic carbocycles. The highest BCUT2D eigenvalue weighted by Crippen LogP contribution is 2.47. The quantitative estimate of drug-likeness (QED) is 0.743. The fourth-order valence-corrected chi connectivity index (χ4v) is 2.47. The maximum atomic E-state index is 8.96. The maximum Gasteiger partial charge on any atom is 0.0558 e. The first-order valence-electron chi connectivity index (χ1n) is 6.34. The van der Waals surface area contributed by atoms with Gasteiger partial charge >= 0.3 is 0 Å². The topological polar surface area (TPSA) is 43.7 Å². The van der Waals surface area contributed by atoms with Crippen molar-refractivity contribution in [2.75, 3.05) is 32.8 Å². The third kappa shape index (κ3) is 3.53. The molecule has 94 valence electrons. The molecule has 1 saturated carbocycles. The van der Waals surface area contributed by atoms with E-state index in [-0.39, 0.29) is 13.2 Å². The summed E-state index contributed by atoms with van der Waals surface area (Å²) in [4.78, 5) is 2.15. The monoisotopic (exact) mass is 235 g/mol. The van der Waals surface area contributed by atoms with E-state index in [1.807, 2.05) is 6.07 Å². The summed E-state index contributed by atoms with van der Waals surface area (Å²) in [5, 5.41) is 17.9. The molecule has 1 fully saturated rings. The van der Waals surface area contributed by atoms with Crippen LogP contribution in [-0.4, -0.2) is 48.0 Å². The molecule has 0 saturated heterocycles. The van der Waals surface area contributed by atoms with Gasteiger partial charge in [-0.2, -0.15) is 0 Å². The zero-order chi connectivity index (χ0) is 12.1. The second-order valence-corrected chi connectivity index (χ2v) is 4.76. The molecule has 3 nitrogen and oxygen atoms in total. The molecule has 0 unspecified atom stereocenters. The summed E-state index contributed by atoms with van der Waals surface area (Å²) in [5.74, 6) is 1.37. The highest BCUT2D eigenvalue weighted by molar-refractivity contribution is 5.25. The summed E-state index contributed by atoms with van der Waals surface area (Å²) in [6.45, 7) is 2.66. The number of hydrogen-bond donors (Lipinski definition) is 2. The second-order valence-electron chi connectivity index (χ2n) is 4.76. The Balaban J connectivity index is 1.82.